The highest BCUT2D eigenvalue weighted by Crippen LogP contribution is 2.13. The summed E-state index contributed by atoms with van der Waals surface area (Å²) in [6, 6.07) is 7.57. The minimum atomic E-state index is -0.349. The van der Waals surface area contributed by atoms with Crippen LogP contribution in [-0.2, 0) is 19.5 Å². The van der Waals surface area contributed by atoms with Crippen molar-refractivity contribution in [3.63, 3.8) is 0 Å². The van der Waals surface area contributed by atoms with Crippen LogP contribution in [0.4, 0.5) is 4.39 Å². The number of nitrogens with one attached hydrogen (secondary N) is 2. The van der Waals surface area contributed by atoms with Gasteiger partial charge in [-0.3, -0.25) is 9.78 Å². The van der Waals surface area contributed by atoms with Crippen molar-refractivity contribution >= 4 is 18.3 Å². The highest BCUT2D eigenvalue weighted by atomic mass is 35.5. The van der Waals surface area contributed by atoms with Gasteiger partial charge in [0, 0.05) is 43.5 Å². The Labute approximate surface area is 134 Å². The Bertz CT molecular complexity index is 661. The maximum absolute atomic E-state index is 12.8. The van der Waals surface area contributed by atoms with Gasteiger partial charge in [0.15, 0.2) is 0 Å². The van der Waals surface area contributed by atoms with Crippen LogP contribution < -0.4 is 10.6 Å². The molecular weight excluding hydrogens is 305 g/mol. The van der Waals surface area contributed by atoms with E-state index in [0.717, 1.165) is 30.8 Å². The van der Waals surface area contributed by atoms with Gasteiger partial charge in [-0.25, -0.2) is 4.39 Å². The molecule has 0 saturated carbocycles. The average Bonchev–Trinajstić information content (AvgIpc) is 2.53. The van der Waals surface area contributed by atoms with Crippen LogP contribution in [0, 0.1) is 5.82 Å². The molecule has 0 atom stereocenters. The molecule has 2 aromatic rings. The molecule has 22 heavy (non-hydrogen) atoms. The van der Waals surface area contributed by atoms with Crippen molar-refractivity contribution in [1.82, 2.24) is 15.6 Å². The number of hydrogen-bond donors (Lipinski definition) is 2. The molecule has 1 amide bonds. The van der Waals surface area contributed by atoms with Gasteiger partial charge in [-0.05, 0) is 41.5 Å². The Kier molecular flexibility index (Phi) is 5.46. The standard InChI is InChI=1S/C16H16FN3O.ClH/c17-14-3-1-12(2-4-14)16(21)20-9-11-7-13-10-18-6-5-15(13)19-8-11;/h1-4,7-8,18H,5-6,9-10H2,(H,20,21);1H. The fourth-order valence-corrected chi connectivity index (χ4v) is 2.38. The van der Waals surface area contributed by atoms with E-state index in [-0.39, 0.29) is 24.1 Å². The van der Waals surface area contributed by atoms with Gasteiger partial charge in [-0.2, -0.15) is 0 Å². The topological polar surface area (TPSA) is 54.0 Å². The van der Waals surface area contributed by atoms with E-state index < -0.39 is 0 Å². The Hall–Kier alpha value is -1.98. The predicted octanol–water partition coefficient (Wildman–Crippen LogP) is 2.22. The number of carbonyl (C=O) groups is 1. The third-order valence-electron chi connectivity index (χ3n) is 3.53. The molecule has 0 spiro atoms. The number of fused-ring (bicyclic) bond motifs is 1. The number of benzene rings is 1. The van der Waals surface area contributed by atoms with Crippen molar-refractivity contribution < 1.29 is 9.18 Å². The highest BCUT2D eigenvalue weighted by molar-refractivity contribution is 5.94. The van der Waals surface area contributed by atoms with Crippen LogP contribution in [0.5, 0.6) is 0 Å². The molecule has 1 aromatic carbocycles. The van der Waals surface area contributed by atoms with Crippen LogP contribution in [0.2, 0.25) is 0 Å². The molecule has 0 unspecified atom stereocenters. The molecule has 3 rings (SSSR count). The molecule has 0 saturated heterocycles. The van der Waals surface area contributed by atoms with Gasteiger partial charge in [-0.1, -0.05) is 0 Å². The fraction of sp³-hybridized carbons (Fsp3) is 0.250. The van der Waals surface area contributed by atoms with E-state index in [0.29, 0.717) is 12.1 Å². The van der Waals surface area contributed by atoms with Crippen LogP contribution in [0.25, 0.3) is 0 Å². The molecule has 6 heteroatoms. The summed E-state index contributed by atoms with van der Waals surface area (Å²) in [5.74, 6) is -0.566. The summed E-state index contributed by atoms with van der Waals surface area (Å²) >= 11 is 0. The lowest BCUT2D eigenvalue weighted by Gasteiger charge is -2.16. The Morgan fingerprint density at radius 1 is 1.32 bits per heavy atom. The fourth-order valence-electron chi connectivity index (χ4n) is 2.38. The van der Waals surface area contributed by atoms with Crippen molar-refractivity contribution in [1.29, 1.82) is 0 Å². The molecule has 0 aliphatic carbocycles. The average molecular weight is 322 g/mol. The first-order chi connectivity index (χ1) is 10.2. The summed E-state index contributed by atoms with van der Waals surface area (Å²) in [6.07, 6.45) is 2.74. The molecule has 1 aliphatic rings. The lowest BCUT2D eigenvalue weighted by molar-refractivity contribution is 0.0951. The maximum Gasteiger partial charge on any atom is 0.251 e. The van der Waals surface area contributed by atoms with Gasteiger partial charge >= 0.3 is 0 Å². The van der Waals surface area contributed by atoms with Crippen LogP contribution in [0.3, 0.4) is 0 Å². The molecule has 116 valence electrons. The van der Waals surface area contributed by atoms with E-state index in [4.69, 9.17) is 0 Å². The monoisotopic (exact) mass is 321 g/mol. The van der Waals surface area contributed by atoms with Crippen molar-refractivity contribution in [3.05, 3.63) is 64.7 Å². The maximum atomic E-state index is 12.8. The third kappa shape index (κ3) is 3.81. The molecular formula is C16H17ClFN3O. The van der Waals surface area contributed by atoms with Crippen LogP contribution in [0.1, 0.15) is 27.2 Å². The zero-order chi connectivity index (χ0) is 14.7. The molecule has 0 bridgehead atoms. The normalized spacial score (nSPS) is 13.0. The molecule has 4 nitrogen and oxygen atoms in total. The summed E-state index contributed by atoms with van der Waals surface area (Å²) < 4.78 is 12.8. The van der Waals surface area contributed by atoms with Crippen molar-refractivity contribution in [3.8, 4) is 0 Å². The minimum absolute atomic E-state index is 0. The Balaban J connectivity index is 0.00000176. The predicted molar refractivity (Wildman–Crippen MR) is 84.5 cm³/mol. The number of carbonyl (C=O) groups excluding carboxylic acids is 1. The molecule has 1 aliphatic heterocycles. The first-order valence-corrected chi connectivity index (χ1v) is 6.93. The number of hydrogen-bond acceptors (Lipinski definition) is 3. The smallest absolute Gasteiger partial charge is 0.251 e. The van der Waals surface area contributed by atoms with E-state index in [1.165, 1.54) is 29.8 Å². The lowest BCUT2D eigenvalue weighted by Crippen LogP contribution is -2.26. The molecule has 0 radical (unpaired) electrons. The van der Waals surface area contributed by atoms with E-state index in [2.05, 4.69) is 21.7 Å². The van der Waals surface area contributed by atoms with E-state index in [1.807, 2.05) is 0 Å². The molecule has 2 N–H and O–H groups in total. The van der Waals surface area contributed by atoms with Crippen LogP contribution >= 0.6 is 12.4 Å². The van der Waals surface area contributed by atoms with E-state index in [1.54, 1.807) is 6.20 Å². The summed E-state index contributed by atoms with van der Waals surface area (Å²) in [4.78, 5) is 16.4. The van der Waals surface area contributed by atoms with E-state index >= 15 is 0 Å². The minimum Gasteiger partial charge on any atom is -0.348 e. The van der Waals surface area contributed by atoms with Gasteiger partial charge in [0.25, 0.3) is 5.91 Å². The number of halogens is 2. The quantitative estimate of drug-likeness (QED) is 0.911. The van der Waals surface area contributed by atoms with Gasteiger partial charge in [-0.15, -0.1) is 12.4 Å². The Morgan fingerprint density at radius 3 is 2.86 bits per heavy atom. The lowest BCUT2D eigenvalue weighted by atomic mass is 10.1. The third-order valence-corrected chi connectivity index (χ3v) is 3.53. The number of amides is 1. The van der Waals surface area contributed by atoms with Gasteiger partial charge < -0.3 is 10.6 Å². The highest BCUT2D eigenvalue weighted by Gasteiger charge is 2.11. The molecule has 2 heterocycles. The number of rotatable bonds is 3. The Morgan fingerprint density at radius 2 is 2.09 bits per heavy atom. The van der Waals surface area contributed by atoms with Crippen molar-refractivity contribution in [2.24, 2.45) is 0 Å². The first kappa shape index (κ1) is 16.4. The second-order valence-electron chi connectivity index (χ2n) is 5.07. The molecule has 0 fully saturated rings. The van der Waals surface area contributed by atoms with Crippen molar-refractivity contribution in [2.75, 3.05) is 6.54 Å². The second kappa shape index (κ2) is 7.33. The van der Waals surface area contributed by atoms with Crippen LogP contribution in [0.15, 0.2) is 36.5 Å². The van der Waals surface area contributed by atoms with Gasteiger partial charge in [0.1, 0.15) is 5.82 Å². The summed E-state index contributed by atoms with van der Waals surface area (Å²) in [6.45, 7) is 2.19. The largest absolute Gasteiger partial charge is 0.348 e. The van der Waals surface area contributed by atoms with Gasteiger partial charge in [0.05, 0.1) is 0 Å². The first-order valence-electron chi connectivity index (χ1n) is 6.93. The summed E-state index contributed by atoms with van der Waals surface area (Å²) in [7, 11) is 0. The van der Waals surface area contributed by atoms with Crippen LogP contribution in [-0.4, -0.2) is 17.4 Å². The zero-order valence-electron chi connectivity index (χ0n) is 11.9. The van der Waals surface area contributed by atoms with Crippen molar-refractivity contribution in [2.45, 2.75) is 19.5 Å². The summed E-state index contributed by atoms with van der Waals surface area (Å²) in [5, 5.41) is 6.12. The summed E-state index contributed by atoms with van der Waals surface area (Å²) in [5.41, 5.74) is 3.73. The number of nitrogens with zero attached hydrogens (tertiary/aromatic N) is 1. The second-order valence-corrected chi connectivity index (χ2v) is 5.07. The number of pyridine rings is 1. The SMILES string of the molecule is Cl.O=C(NCc1cnc2c(c1)CNCC2)c1ccc(F)cc1. The zero-order valence-corrected chi connectivity index (χ0v) is 12.8. The molecule has 1 aromatic heterocycles. The van der Waals surface area contributed by atoms with Gasteiger partial charge in [0.2, 0.25) is 0 Å². The van der Waals surface area contributed by atoms with E-state index in [9.17, 15) is 9.18 Å². The number of aromatic nitrogens is 1.